The van der Waals surface area contributed by atoms with Crippen molar-refractivity contribution in [2.75, 3.05) is 13.1 Å². The molecule has 1 unspecified atom stereocenters. The Bertz CT molecular complexity index is 414. The Morgan fingerprint density at radius 2 is 1.62 bits per heavy atom. The Morgan fingerprint density at radius 1 is 1.05 bits per heavy atom. The van der Waals surface area contributed by atoms with E-state index in [1.807, 2.05) is 0 Å². The summed E-state index contributed by atoms with van der Waals surface area (Å²) in [4.78, 5) is 2.58. The van der Waals surface area contributed by atoms with Crippen molar-refractivity contribution >= 4 is 0 Å². The van der Waals surface area contributed by atoms with Crippen molar-refractivity contribution in [1.82, 2.24) is 4.90 Å². The minimum absolute atomic E-state index is 0.336. The van der Waals surface area contributed by atoms with E-state index in [0.717, 1.165) is 6.54 Å². The first-order chi connectivity index (χ1) is 9.92. The minimum atomic E-state index is 0.336. The molecule has 0 radical (unpaired) electrons. The first-order valence-electron chi connectivity index (χ1n) is 8.45. The second-order valence-corrected chi connectivity index (χ2v) is 6.60. The molecule has 0 aromatic heterocycles. The summed E-state index contributed by atoms with van der Waals surface area (Å²) in [5.74, 6) is 0. The van der Waals surface area contributed by atoms with E-state index in [2.05, 4.69) is 58.6 Å². The van der Waals surface area contributed by atoms with Crippen LogP contribution in [0.4, 0.5) is 0 Å². The van der Waals surface area contributed by atoms with Crippen LogP contribution in [0.15, 0.2) is 12.1 Å². The van der Waals surface area contributed by atoms with Crippen molar-refractivity contribution in [3.63, 3.8) is 0 Å². The maximum atomic E-state index is 6.18. The summed E-state index contributed by atoms with van der Waals surface area (Å²) in [5, 5.41) is 0. The second kappa shape index (κ2) is 8.55. The predicted molar refractivity (Wildman–Crippen MR) is 93.8 cm³/mol. The average molecular weight is 290 g/mol. The topological polar surface area (TPSA) is 29.3 Å². The van der Waals surface area contributed by atoms with E-state index in [9.17, 15) is 0 Å². The fourth-order valence-corrected chi connectivity index (χ4v) is 3.45. The van der Waals surface area contributed by atoms with Crippen molar-refractivity contribution < 1.29 is 0 Å². The molecule has 1 aromatic carbocycles. The molecule has 1 rings (SSSR count). The fraction of sp³-hybridized carbons (Fsp3) is 0.684. The third kappa shape index (κ3) is 4.82. The van der Waals surface area contributed by atoms with Gasteiger partial charge in [-0.1, -0.05) is 37.5 Å². The van der Waals surface area contributed by atoms with E-state index < -0.39 is 0 Å². The van der Waals surface area contributed by atoms with Gasteiger partial charge in [-0.2, -0.15) is 0 Å². The zero-order valence-electron chi connectivity index (χ0n) is 14.9. The highest BCUT2D eigenvalue weighted by Gasteiger charge is 2.24. The highest BCUT2D eigenvalue weighted by Crippen LogP contribution is 2.29. The molecule has 21 heavy (non-hydrogen) atoms. The zero-order chi connectivity index (χ0) is 16.0. The largest absolute Gasteiger partial charge is 0.329 e. The highest BCUT2D eigenvalue weighted by molar-refractivity contribution is 5.40. The predicted octanol–water partition coefficient (Wildman–Crippen LogP) is 4.51. The molecule has 0 saturated heterocycles. The number of hydrogen-bond acceptors (Lipinski definition) is 2. The van der Waals surface area contributed by atoms with E-state index in [-0.39, 0.29) is 0 Å². The van der Waals surface area contributed by atoms with Crippen molar-refractivity contribution in [2.24, 2.45) is 5.73 Å². The molecule has 2 N–H and O–H groups in total. The van der Waals surface area contributed by atoms with Gasteiger partial charge in [-0.05, 0) is 64.3 Å². The van der Waals surface area contributed by atoms with Crippen LogP contribution < -0.4 is 5.73 Å². The molecule has 0 fully saturated rings. The molecule has 1 aromatic rings. The Kier molecular flexibility index (Phi) is 7.41. The molecule has 0 aliphatic heterocycles. The van der Waals surface area contributed by atoms with Gasteiger partial charge in [0.1, 0.15) is 0 Å². The average Bonchev–Trinajstić information content (AvgIpc) is 2.39. The summed E-state index contributed by atoms with van der Waals surface area (Å²) >= 11 is 0. The van der Waals surface area contributed by atoms with Crippen LogP contribution in [0.3, 0.4) is 0 Å². The number of benzene rings is 1. The van der Waals surface area contributed by atoms with Crippen LogP contribution in [0.5, 0.6) is 0 Å². The van der Waals surface area contributed by atoms with Crippen LogP contribution in [0.25, 0.3) is 0 Å². The summed E-state index contributed by atoms with van der Waals surface area (Å²) < 4.78 is 0. The van der Waals surface area contributed by atoms with Gasteiger partial charge in [-0.15, -0.1) is 0 Å². The van der Waals surface area contributed by atoms with Crippen molar-refractivity contribution in [3.05, 3.63) is 34.4 Å². The first-order valence-corrected chi connectivity index (χ1v) is 8.45. The first kappa shape index (κ1) is 18.2. The normalized spacial score (nSPS) is 13.2. The standard InChI is InChI=1S/C19H34N2/c1-7-8-9-10-21(14(2)3)18(13-20)19-16(5)11-15(4)12-17(19)6/h11-12,14,18H,7-10,13,20H2,1-6H3. The van der Waals surface area contributed by atoms with Crippen molar-refractivity contribution in [2.45, 2.75) is 72.9 Å². The molecule has 0 heterocycles. The molecule has 0 spiro atoms. The van der Waals surface area contributed by atoms with Gasteiger partial charge in [0.05, 0.1) is 0 Å². The minimum Gasteiger partial charge on any atom is -0.329 e. The molecule has 120 valence electrons. The lowest BCUT2D eigenvalue weighted by Crippen LogP contribution is -2.40. The number of nitrogens with zero attached hydrogens (tertiary/aromatic N) is 1. The van der Waals surface area contributed by atoms with Crippen molar-refractivity contribution in [1.29, 1.82) is 0 Å². The van der Waals surface area contributed by atoms with Gasteiger partial charge in [-0.3, -0.25) is 4.90 Å². The van der Waals surface area contributed by atoms with Gasteiger partial charge >= 0.3 is 0 Å². The van der Waals surface area contributed by atoms with Gasteiger partial charge in [-0.25, -0.2) is 0 Å². The van der Waals surface area contributed by atoms with E-state index in [1.165, 1.54) is 41.5 Å². The van der Waals surface area contributed by atoms with Gasteiger partial charge in [0.25, 0.3) is 0 Å². The van der Waals surface area contributed by atoms with E-state index in [1.54, 1.807) is 0 Å². The quantitative estimate of drug-likeness (QED) is 0.714. The van der Waals surface area contributed by atoms with Crippen LogP contribution in [0.1, 0.15) is 68.3 Å². The lowest BCUT2D eigenvalue weighted by atomic mass is 9.92. The van der Waals surface area contributed by atoms with Gasteiger partial charge < -0.3 is 5.73 Å². The summed E-state index contributed by atoms with van der Waals surface area (Å²) in [6.07, 6.45) is 3.82. The summed E-state index contributed by atoms with van der Waals surface area (Å²) in [5.41, 5.74) is 11.7. The summed E-state index contributed by atoms with van der Waals surface area (Å²) in [7, 11) is 0. The summed E-state index contributed by atoms with van der Waals surface area (Å²) in [6.45, 7) is 15.3. The van der Waals surface area contributed by atoms with Crippen LogP contribution in [-0.4, -0.2) is 24.0 Å². The SMILES string of the molecule is CCCCCN(C(C)C)C(CN)c1c(C)cc(C)cc1C. The maximum Gasteiger partial charge on any atom is 0.0478 e. The monoisotopic (exact) mass is 290 g/mol. The molecule has 0 saturated carbocycles. The van der Waals surface area contributed by atoms with Crippen LogP contribution in [0, 0.1) is 20.8 Å². The maximum absolute atomic E-state index is 6.18. The van der Waals surface area contributed by atoms with Gasteiger partial charge in [0.15, 0.2) is 0 Å². The second-order valence-electron chi connectivity index (χ2n) is 6.60. The Labute approximate surface area is 131 Å². The number of hydrogen-bond donors (Lipinski definition) is 1. The Hall–Kier alpha value is -0.860. The highest BCUT2D eigenvalue weighted by atomic mass is 15.2. The van der Waals surface area contributed by atoms with Crippen molar-refractivity contribution in [3.8, 4) is 0 Å². The van der Waals surface area contributed by atoms with Gasteiger partial charge in [0, 0.05) is 18.6 Å². The molecule has 1 atom stereocenters. The molecule has 0 aliphatic carbocycles. The number of nitrogens with two attached hydrogens (primary N) is 1. The molecule has 0 amide bonds. The molecular weight excluding hydrogens is 256 g/mol. The zero-order valence-corrected chi connectivity index (χ0v) is 14.9. The third-order valence-corrected chi connectivity index (χ3v) is 4.38. The van der Waals surface area contributed by atoms with Gasteiger partial charge in [0.2, 0.25) is 0 Å². The Morgan fingerprint density at radius 3 is 2.05 bits per heavy atom. The van der Waals surface area contributed by atoms with E-state index in [0.29, 0.717) is 18.6 Å². The molecular formula is C19H34N2. The van der Waals surface area contributed by atoms with Crippen LogP contribution >= 0.6 is 0 Å². The van der Waals surface area contributed by atoms with E-state index >= 15 is 0 Å². The summed E-state index contributed by atoms with van der Waals surface area (Å²) in [6, 6.07) is 5.43. The smallest absolute Gasteiger partial charge is 0.0478 e. The van der Waals surface area contributed by atoms with Crippen LogP contribution in [-0.2, 0) is 0 Å². The lowest BCUT2D eigenvalue weighted by molar-refractivity contribution is 0.153. The number of unbranched alkanes of at least 4 members (excludes halogenated alkanes) is 2. The fourth-order valence-electron chi connectivity index (χ4n) is 3.45. The Balaban J connectivity index is 3.08. The third-order valence-electron chi connectivity index (χ3n) is 4.38. The molecule has 2 nitrogen and oxygen atoms in total. The lowest BCUT2D eigenvalue weighted by Gasteiger charge is -2.36. The number of aryl methyl sites for hydroxylation is 3. The molecule has 2 heteroatoms. The molecule has 0 bridgehead atoms. The molecule has 0 aliphatic rings. The van der Waals surface area contributed by atoms with E-state index in [4.69, 9.17) is 5.73 Å². The number of rotatable bonds is 8. The van der Waals surface area contributed by atoms with Crippen LogP contribution in [0.2, 0.25) is 0 Å².